The second-order valence-electron chi connectivity index (χ2n) is 8.14. The van der Waals surface area contributed by atoms with Crippen LogP contribution in [0.25, 0.3) is 12.2 Å². The van der Waals surface area contributed by atoms with Gasteiger partial charge >= 0.3 is 11.9 Å². The van der Waals surface area contributed by atoms with Crippen LogP contribution in [0.4, 0.5) is 0 Å². The van der Waals surface area contributed by atoms with E-state index in [1.165, 1.54) is 7.11 Å². The fourth-order valence-electron chi connectivity index (χ4n) is 3.74. The molecule has 2 aromatic carbocycles. The number of hydrogen-bond acceptors (Lipinski definition) is 6. The van der Waals surface area contributed by atoms with Crippen LogP contribution in [0.15, 0.2) is 48.0 Å². The highest BCUT2D eigenvalue weighted by atomic mass is 16.5. The molecule has 174 valence electrons. The Morgan fingerprint density at radius 1 is 1.12 bits per heavy atom. The summed E-state index contributed by atoms with van der Waals surface area (Å²) >= 11 is 0. The van der Waals surface area contributed by atoms with Gasteiger partial charge in [0, 0.05) is 5.56 Å². The first-order chi connectivity index (χ1) is 15.9. The van der Waals surface area contributed by atoms with Gasteiger partial charge in [-0.05, 0) is 56.8 Å². The van der Waals surface area contributed by atoms with Crippen molar-refractivity contribution in [2.45, 2.75) is 39.2 Å². The smallest absolute Gasteiger partial charge is 0.342 e. The Kier molecular flexibility index (Phi) is 8.44. The van der Waals surface area contributed by atoms with Gasteiger partial charge in [0.1, 0.15) is 17.4 Å². The Morgan fingerprint density at radius 3 is 2.48 bits per heavy atom. The highest BCUT2D eigenvalue weighted by Gasteiger charge is 2.30. The van der Waals surface area contributed by atoms with Crippen molar-refractivity contribution >= 4 is 24.1 Å². The summed E-state index contributed by atoms with van der Waals surface area (Å²) in [7, 11) is 2.88. The van der Waals surface area contributed by atoms with Gasteiger partial charge in [0.15, 0.2) is 5.75 Å². The fraction of sp³-hybridized carbons (Fsp3) is 0.333. The molecule has 0 saturated carbocycles. The number of esters is 2. The topological polar surface area (TPSA) is 73.9 Å². The van der Waals surface area contributed by atoms with E-state index >= 15 is 0 Å². The maximum atomic E-state index is 12.9. The molecule has 33 heavy (non-hydrogen) atoms. The minimum absolute atomic E-state index is 0.185. The number of hydrogen-bond donors (Lipinski definition) is 1. The number of benzene rings is 2. The van der Waals surface area contributed by atoms with Crippen LogP contribution in [-0.4, -0.2) is 38.7 Å². The largest absolute Gasteiger partial charge is 0.496 e. The van der Waals surface area contributed by atoms with Crippen molar-refractivity contribution in [2.75, 3.05) is 20.8 Å². The van der Waals surface area contributed by atoms with Crippen molar-refractivity contribution in [3.63, 3.8) is 0 Å². The molecule has 0 bridgehead atoms. The standard InChI is InChI=1S/C27H31NO5/c1-18(2)12-15-21-23(31-3)17-20(14-13-19-9-6-5-7-10-19)24(27(30)32-4)25(21)33-26(29)22-11-8-16-28-22/h5-7,9-10,12-14,17,22,28H,8,11,15-16H2,1-4H3. The number of carbonyl (C=O) groups excluding carboxylic acids is 2. The molecule has 1 N–H and O–H groups in total. The van der Waals surface area contributed by atoms with Crippen LogP contribution < -0.4 is 14.8 Å². The molecule has 2 aromatic rings. The van der Waals surface area contributed by atoms with Gasteiger partial charge in [0.05, 0.1) is 14.2 Å². The molecule has 0 radical (unpaired) electrons. The first-order valence-electron chi connectivity index (χ1n) is 11.1. The van der Waals surface area contributed by atoms with E-state index in [0.717, 1.165) is 24.1 Å². The Balaban J connectivity index is 2.18. The monoisotopic (exact) mass is 449 g/mol. The molecule has 1 heterocycles. The lowest BCUT2D eigenvalue weighted by atomic mass is 9.97. The van der Waals surface area contributed by atoms with Crippen LogP contribution >= 0.6 is 0 Å². The first kappa shape index (κ1) is 24.3. The SMILES string of the molecule is COC(=O)c1c(C=Cc2ccccc2)cc(OC)c(CC=C(C)C)c1OC(=O)C1CCCN1. The molecular formula is C27H31NO5. The fourth-order valence-corrected chi connectivity index (χ4v) is 3.74. The normalized spacial score (nSPS) is 15.3. The van der Waals surface area contributed by atoms with Crippen molar-refractivity contribution in [3.8, 4) is 11.5 Å². The molecule has 1 atom stereocenters. The molecule has 3 rings (SSSR count). The van der Waals surface area contributed by atoms with Crippen molar-refractivity contribution in [1.82, 2.24) is 5.32 Å². The summed E-state index contributed by atoms with van der Waals surface area (Å²) in [6.07, 6.45) is 7.74. The average Bonchev–Trinajstić information content (AvgIpc) is 3.37. The third kappa shape index (κ3) is 6.11. The Morgan fingerprint density at radius 2 is 1.88 bits per heavy atom. The summed E-state index contributed by atoms with van der Waals surface area (Å²) in [6, 6.07) is 11.1. The predicted molar refractivity (Wildman–Crippen MR) is 129 cm³/mol. The Labute approximate surface area is 195 Å². The van der Waals surface area contributed by atoms with E-state index in [1.807, 2.05) is 56.3 Å². The predicted octanol–water partition coefficient (Wildman–Crippen LogP) is 4.82. The number of allylic oxidation sites excluding steroid dienone is 2. The lowest BCUT2D eigenvalue weighted by molar-refractivity contribution is -0.136. The molecule has 1 unspecified atom stereocenters. The molecule has 0 amide bonds. The van der Waals surface area contributed by atoms with Gasteiger partial charge in [0.25, 0.3) is 0 Å². The lowest BCUT2D eigenvalue weighted by Gasteiger charge is -2.20. The van der Waals surface area contributed by atoms with Crippen LogP contribution in [0, 0.1) is 0 Å². The van der Waals surface area contributed by atoms with Crippen molar-refractivity contribution in [1.29, 1.82) is 0 Å². The molecule has 1 aliphatic heterocycles. The Bertz CT molecular complexity index is 1050. The van der Waals surface area contributed by atoms with Gasteiger partial charge in [-0.25, -0.2) is 9.59 Å². The van der Waals surface area contributed by atoms with Crippen LogP contribution in [0.1, 0.15) is 53.7 Å². The van der Waals surface area contributed by atoms with E-state index < -0.39 is 18.0 Å². The van der Waals surface area contributed by atoms with Gasteiger partial charge < -0.3 is 19.5 Å². The molecule has 6 nitrogen and oxygen atoms in total. The van der Waals surface area contributed by atoms with Gasteiger partial charge in [0.2, 0.25) is 0 Å². The summed E-state index contributed by atoms with van der Waals surface area (Å²) in [5.41, 5.74) is 3.44. The van der Waals surface area contributed by atoms with E-state index in [1.54, 1.807) is 19.3 Å². The summed E-state index contributed by atoms with van der Waals surface area (Å²) < 4.78 is 16.7. The molecule has 0 aliphatic carbocycles. The number of ether oxygens (including phenoxy) is 3. The maximum absolute atomic E-state index is 12.9. The summed E-state index contributed by atoms with van der Waals surface area (Å²) in [5.74, 6) is -0.270. The maximum Gasteiger partial charge on any atom is 0.342 e. The summed E-state index contributed by atoms with van der Waals surface area (Å²) in [6.45, 7) is 4.73. The number of rotatable bonds is 8. The van der Waals surface area contributed by atoms with Gasteiger partial charge in [-0.15, -0.1) is 0 Å². The number of methoxy groups -OCH3 is 2. The molecule has 1 aliphatic rings. The van der Waals surface area contributed by atoms with Crippen molar-refractivity contribution in [3.05, 3.63) is 70.3 Å². The first-order valence-corrected chi connectivity index (χ1v) is 11.1. The third-order valence-corrected chi connectivity index (χ3v) is 5.50. The van der Waals surface area contributed by atoms with E-state index in [2.05, 4.69) is 5.32 Å². The van der Waals surface area contributed by atoms with Crippen LogP contribution in [0.5, 0.6) is 11.5 Å². The lowest BCUT2D eigenvalue weighted by Crippen LogP contribution is -2.34. The zero-order valence-electron chi connectivity index (χ0n) is 19.6. The zero-order chi connectivity index (χ0) is 23.8. The van der Waals surface area contributed by atoms with Crippen LogP contribution in [-0.2, 0) is 16.0 Å². The molecule has 1 saturated heterocycles. The second kappa shape index (κ2) is 11.5. The van der Waals surface area contributed by atoms with E-state index in [-0.39, 0.29) is 11.3 Å². The second-order valence-corrected chi connectivity index (χ2v) is 8.14. The summed E-state index contributed by atoms with van der Waals surface area (Å²) in [5, 5.41) is 3.15. The van der Waals surface area contributed by atoms with Crippen molar-refractivity contribution < 1.29 is 23.8 Å². The molecular weight excluding hydrogens is 418 g/mol. The number of nitrogens with one attached hydrogen (secondary N) is 1. The van der Waals surface area contributed by atoms with Crippen molar-refractivity contribution in [2.24, 2.45) is 0 Å². The van der Waals surface area contributed by atoms with Gasteiger partial charge in [-0.2, -0.15) is 0 Å². The quantitative estimate of drug-likeness (QED) is 0.270. The highest BCUT2D eigenvalue weighted by molar-refractivity contribution is 6.00. The van der Waals surface area contributed by atoms with E-state index in [0.29, 0.717) is 29.7 Å². The van der Waals surface area contributed by atoms with Crippen LogP contribution in [0.3, 0.4) is 0 Å². The molecule has 0 aromatic heterocycles. The average molecular weight is 450 g/mol. The highest BCUT2D eigenvalue weighted by Crippen LogP contribution is 2.38. The molecule has 1 fully saturated rings. The zero-order valence-corrected chi connectivity index (χ0v) is 19.6. The molecule has 0 spiro atoms. The number of carbonyl (C=O) groups is 2. The van der Waals surface area contributed by atoms with Crippen LogP contribution in [0.2, 0.25) is 0 Å². The molecule has 6 heteroatoms. The van der Waals surface area contributed by atoms with Gasteiger partial charge in [-0.1, -0.05) is 54.1 Å². The summed E-state index contributed by atoms with van der Waals surface area (Å²) in [4.78, 5) is 25.9. The minimum Gasteiger partial charge on any atom is -0.496 e. The Hall–Kier alpha value is -3.38. The minimum atomic E-state index is -0.578. The van der Waals surface area contributed by atoms with E-state index in [9.17, 15) is 9.59 Å². The van der Waals surface area contributed by atoms with Gasteiger partial charge in [-0.3, -0.25) is 0 Å². The van der Waals surface area contributed by atoms with E-state index in [4.69, 9.17) is 14.2 Å². The third-order valence-electron chi connectivity index (χ3n) is 5.50.